The van der Waals surface area contributed by atoms with Crippen LogP contribution in [0.2, 0.25) is 0 Å². The van der Waals surface area contributed by atoms with Crippen molar-refractivity contribution in [2.24, 2.45) is 0 Å². The van der Waals surface area contributed by atoms with Gasteiger partial charge in [-0.1, -0.05) is 30.3 Å². The topological polar surface area (TPSA) is 37.3 Å². The van der Waals surface area contributed by atoms with E-state index in [1.165, 1.54) is 11.6 Å². The van der Waals surface area contributed by atoms with Crippen LogP contribution >= 0.6 is 15.9 Å². The lowest BCUT2D eigenvalue weighted by atomic mass is 10.0. The number of benzene rings is 2. The molecule has 0 atom stereocenters. The van der Waals surface area contributed by atoms with Gasteiger partial charge in [0, 0.05) is 5.56 Å². The van der Waals surface area contributed by atoms with Crippen LogP contribution in [0, 0.1) is 0 Å². The number of phenolic OH excluding ortho intramolecular Hbond substituents is 1. The lowest BCUT2D eigenvalue weighted by Crippen LogP contribution is -1.90. The maximum atomic E-state index is 10.4. The molecule has 0 unspecified atom stereocenters. The minimum atomic E-state index is 0.148. The Morgan fingerprint density at radius 1 is 1.11 bits per heavy atom. The molecule has 0 saturated carbocycles. The number of hydrogen-bond acceptors (Lipinski definition) is 2. The summed E-state index contributed by atoms with van der Waals surface area (Å²) < 4.78 is 0.631. The molecule has 1 N–H and O–H groups in total. The average molecular weight is 317 g/mol. The maximum absolute atomic E-state index is 10.4. The molecule has 19 heavy (non-hydrogen) atoms. The molecule has 0 amide bonds. The van der Waals surface area contributed by atoms with E-state index < -0.39 is 0 Å². The molecule has 3 heteroatoms. The Morgan fingerprint density at radius 3 is 2.53 bits per heavy atom. The fourth-order valence-corrected chi connectivity index (χ4v) is 2.41. The van der Waals surface area contributed by atoms with Crippen LogP contribution in [-0.4, -0.2) is 11.4 Å². The number of aldehydes is 1. The number of carbonyl (C=O) groups excluding carboxylic acids is 1. The van der Waals surface area contributed by atoms with E-state index in [0.717, 1.165) is 12.0 Å². The molecule has 0 aliphatic carbocycles. The van der Waals surface area contributed by atoms with Crippen LogP contribution in [0.4, 0.5) is 0 Å². The SMILES string of the molecule is O=CC=Cc1cc(Cc2ccccc2)cc(Br)c1O. The Morgan fingerprint density at radius 2 is 1.84 bits per heavy atom. The molecule has 2 aromatic carbocycles. The molecule has 0 heterocycles. The first kappa shape index (κ1) is 13.6. The van der Waals surface area contributed by atoms with E-state index >= 15 is 0 Å². The molecule has 0 fully saturated rings. The highest BCUT2D eigenvalue weighted by atomic mass is 79.9. The first-order chi connectivity index (χ1) is 9.20. The molecule has 0 saturated heterocycles. The third-order valence-corrected chi connectivity index (χ3v) is 3.36. The van der Waals surface area contributed by atoms with Gasteiger partial charge in [-0.2, -0.15) is 0 Å². The second-order valence-electron chi connectivity index (χ2n) is 4.17. The molecule has 0 aliphatic rings. The summed E-state index contributed by atoms with van der Waals surface area (Å²) in [5.74, 6) is 0.148. The summed E-state index contributed by atoms with van der Waals surface area (Å²) in [7, 11) is 0. The van der Waals surface area contributed by atoms with Gasteiger partial charge in [-0.05, 0) is 57.8 Å². The second kappa shape index (κ2) is 6.34. The van der Waals surface area contributed by atoms with Crippen LogP contribution in [0.15, 0.2) is 53.0 Å². The van der Waals surface area contributed by atoms with Gasteiger partial charge in [-0.3, -0.25) is 4.79 Å². The number of rotatable bonds is 4. The summed E-state index contributed by atoms with van der Waals surface area (Å²) >= 11 is 3.33. The maximum Gasteiger partial charge on any atom is 0.142 e. The van der Waals surface area contributed by atoms with Gasteiger partial charge in [0.2, 0.25) is 0 Å². The lowest BCUT2D eigenvalue weighted by molar-refractivity contribution is -0.104. The van der Waals surface area contributed by atoms with Gasteiger partial charge in [0.15, 0.2) is 0 Å². The van der Waals surface area contributed by atoms with Crippen LogP contribution in [0.1, 0.15) is 16.7 Å². The molecular formula is C16H13BrO2. The standard InChI is InChI=1S/C16H13BrO2/c17-15-11-13(9-12-5-2-1-3-6-12)10-14(16(15)19)7-4-8-18/h1-8,10-11,19H,9H2. The number of allylic oxidation sites excluding steroid dienone is 1. The molecule has 0 bridgehead atoms. The van der Waals surface area contributed by atoms with E-state index in [1.54, 1.807) is 6.08 Å². The lowest BCUT2D eigenvalue weighted by Gasteiger charge is -2.07. The molecule has 0 aliphatic heterocycles. The molecular weight excluding hydrogens is 304 g/mol. The fourth-order valence-electron chi connectivity index (χ4n) is 1.88. The van der Waals surface area contributed by atoms with E-state index in [4.69, 9.17) is 0 Å². The number of aromatic hydroxyl groups is 1. The Kier molecular flexibility index (Phi) is 4.53. The molecule has 0 spiro atoms. The van der Waals surface area contributed by atoms with Crippen LogP contribution in [0.25, 0.3) is 6.08 Å². The van der Waals surface area contributed by atoms with E-state index in [0.29, 0.717) is 16.3 Å². The van der Waals surface area contributed by atoms with Crippen LogP contribution in [0.3, 0.4) is 0 Å². The summed E-state index contributed by atoms with van der Waals surface area (Å²) in [5, 5.41) is 9.90. The third-order valence-electron chi connectivity index (χ3n) is 2.76. The highest BCUT2D eigenvalue weighted by molar-refractivity contribution is 9.10. The molecule has 2 nitrogen and oxygen atoms in total. The summed E-state index contributed by atoms with van der Waals surface area (Å²) in [6.45, 7) is 0. The van der Waals surface area contributed by atoms with Crippen molar-refractivity contribution in [3.8, 4) is 5.75 Å². The monoisotopic (exact) mass is 316 g/mol. The number of hydrogen-bond donors (Lipinski definition) is 1. The first-order valence-electron chi connectivity index (χ1n) is 5.88. The van der Waals surface area contributed by atoms with Crippen molar-refractivity contribution in [3.63, 3.8) is 0 Å². The first-order valence-corrected chi connectivity index (χ1v) is 6.67. The minimum Gasteiger partial charge on any atom is -0.506 e. The average Bonchev–Trinajstić information content (AvgIpc) is 2.42. The summed E-state index contributed by atoms with van der Waals surface area (Å²) in [6, 6.07) is 13.9. The molecule has 0 aromatic heterocycles. The third kappa shape index (κ3) is 3.55. The zero-order valence-electron chi connectivity index (χ0n) is 10.2. The Bertz CT molecular complexity index is 604. The summed E-state index contributed by atoms with van der Waals surface area (Å²) in [4.78, 5) is 10.4. The highest BCUT2D eigenvalue weighted by Gasteiger charge is 2.06. The zero-order chi connectivity index (χ0) is 13.7. The molecule has 2 rings (SSSR count). The van der Waals surface area contributed by atoms with Crippen molar-refractivity contribution in [1.29, 1.82) is 0 Å². The van der Waals surface area contributed by atoms with Crippen LogP contribution in [0.5, 0.6) is 5.75 Å². The predicted molar refractivity (Wildman–Crippen MR) is 80.2 cm³/mol. The van der Waals surface area contributed by atoms with Crippen molar-refractivity contribution < 1.29 is 9.90 Å². The molecule has 96 valence electrons. The predicted octanol–water partition coefficient (Wildman–Crippen LogP) is 3.96. The van der Waals surface area contributed by atoms with Gasteiger partial charge in [-0.25, -0.2) is 0 Å². The van der Waals surface area contributed by atoms with E-state index in [9.17, 15) is 9.90 Å². The Balaban J connectivity index is 2.34. The van der Waals surface area contributed by atoms with Gasteiger partial charge in [-0.15, -0.1) is 0 Å². The highest BCUT2D eigenvalue weighted by Crippen LogP contribution is 2.31. The Labute approximate surface area is 120 Å². The van der Waals surface area contributed by atoms with Gasteiger partial charge >= 0.3 is 0 Å². The summed E-state index contributed by atoms with van der Waals surface area (Å²) in [5.41, 5.74) is 2.90. The number of carbonyl (C=O) groups is 1. The molecule has 2 aromatic rings. The minimum absolute atomic E-state index is 0.148. The van der Waals surface area contributed by atoms with Crippen molar-refractivity contribution in [2.45, 2.75) is 6.42 Å². The quantitative estimate of drug-likeness (QED) is 0.685. The van der Waals surface area contributed by atoms with Crippen molar-refractivity contribution in [2.75, 3.05) is 0 Å². The van der Waals surface area contributed by atoms with Gasteiger partial charge in [0.05, 0.1) is 4.47 Å². The largest absolute Gasteiger partial charge is 0.506 e. The smallest absolute Gasteiger partial charge is 0.142 e. The zero-order valence-corrected chi connectivity index (χ0v) is 11.8. The fraction of sp³-hybridized carbons (Fsp3) is 0.0625. The van der Waals surface area contributed by atoms with Crippen LogP contribution in [-0.2, 0) is 11.2 Å². The Hall–Kier alpha value is -1.87. The molecule has 0 radical (unpaired) electrons. The van der Waals surface area contributed by atoms with Gasteiger partial charge < -0.3 is 5.11 Å². The van der Waals surface area contributed by atoms with Gasteiger partial charge in [0.25, 0.3) is 0 Å². The van der Waals surface area contributed by atoms with Crippen LogP contribution < -0.4 is 0 Å². The summed E-state index contributed by atoms with van der Waals surface area (Å²) in [6.07, 6.45) is 4.44. The van der Waals surface area contributed by atoms with Crippen molar-refractivity contribution >= 4 is 28.3 Å². The second-order valence-corrected chi connectivity index (χ2v) is 5.03. The number of halogens is 1. The normalized spacial score (nSPS) is 10.8. The van der Waals surface area contributed by atoms with Crippen molar-refractivity contribution in [3.05, 3.63) is 69.7 Å². The van der Waals surface area contributed by atoms with E-state index in [-0.39, 0.29) is 5.75 Å². The van der Waals surface area contributed by atoms with E-state index in [2.05, 4.69) is 28.1 Å². The number of phenols is 1. The van der Waals surface area contributed by atoms with Crippen molar-refractivity contribution in [1.82, 2.24) is 0 Å². The van der Waals surface area contributed by atoms with E-state index in [1.807, 2.05) is 30.3 Å². The van der Waals surface area contributed by atoms with Gasteiger partial charge in [0.1, 0.15) is 12.0 Å².